The van der Waals surface area contributed by atoms with Gasteiger partial charge in [-0.25, -0.2) is 0 Å². The van der Waals surface area contributed by atoms with Crippen LogP contribution in [-0.4, -0.2) is 10.8 Å². The van der Waals surface area contributed by atoms with E-state index in [-0.39, 0.29) is 5.78 Å². The lowest BCUT2D eigenvalue weighted by atomic mass is 10.0. The number of nitrogens with one attached hydrogen (secondary N) is 1. The minimum absolute atomic E-state index is 0.0783. The summed E-state index contributed by atoms with van der Waals surface area (Å²) in [6, 6.07) is 59.3. The van der Waals surface area contributed by atoms with E-state index in [2.05, 4.69) is 162 Å². The summed E-state index contributed by atoms with van der Waals surface area (Å²) >= 11 is 0. The number of nitrogens with zero attached hydrogens (tertiary/aromatic N) is 1. The van der Waals surface area contributed by atoms with Crippen LogP contribution in [0.25, 0.3) is 62.5 Å². The standard InChI is InChI=1S/C50H36N2O/c1-2-11-47-43(45-33-32-44-42-16-9-10-17-46(42)50(53)48(44)49(45)51-47)31-20-34-18-25-39(26-19-34)52(40-27-21-37(22-28-40)35-12-5-3-6-13-35)41-29-23-38(24-30-41)36-14-7-4-8-15-36/h2-33,51H,1H3/b11-2-,31-20?. The second kappa shape index (κ2) is 13.6. The summed E-state index contributed by atoms with van der Waals surface area (Å²) in [5.74, 6) is 0.0783. The molecule has 3 heteroatoms. The summed E-state index contributed by atoms with van der Waals surface area (Å²) in [5, 5.41) is 1.04. The molecule has 1 aromatic heterocycles. The third kappa shape index (κ3) is 5.88. The van der Waals surface area contributed by atoms with Gasteiger partial charge < -0.3 is 9.88 Å². The smallest absolute Gasteiger partial charge is 0.196 e. The van der Waals surface area contributed by atoms with Crippen molar-refractivity contribution in [3.8, 4) is 33.4 Å². The van der Waals surface area contributed by atoms with Gasteiger partial charge >= 0.3 is 0 Å². The number of aromatic amines is 1. The number of H-pyrrole nitrogens is 1. The normalized spacial score (nSPS) is 12.1. The zero-order valence-electron chi connectivity index (χ0n) is 29.3. The zero-order valence-corrected chi connectivity index (χ0v) is 29.3. The van der Waals surface area contributed by atoms with E-state index in [0.717, 1.165) is 67.0 Å². The van der Waals surface area contributed by atoms with Gasteiger partial charge in [0.15, 0.2) is 5.78 Å². The molecule has 0 atom stereocenters. The maximum atomic E-state index is 13.6. The van der Waals surface area contributed by atoms with Crippen molar-refractivity contribution in [2.24, 2.45) is 0 Å². The number of carbonyl (C=O) groups excluding carboxylic acids is 1. The van der Waals surface area contributed by atoms with E-state index in [1.54, 1.807) is 0 Å². The number of fused-ring (bicyclic) bond motifs is 5. The molecule has 0 spiro atoms. The summed E-state index contributed by atoms with van der Waals surface area (Å²) < 4.78 is 0. The molecule has 8 aromatic rings. The number of ketones is 1. The lowest BCUT2D eigenvalue weighted by Gasteiger charge is -2.26. The van der Waals surface area contributed by atoms with Crippen LogP contribution in [0.3, 0.4) is 0 Å². The Kier molecular flexibility index (Phi) is 8.22. The average Bonchev–Trinajstić information content (AvgIpc) is 3.72. The molecule has 3 nitrogen and oxygen atoms in total. The average molecular weight is 681 g/mol. The van der Waals surface area contributed by atoms with E-state index in [1.165, 1.54) is 22.3 Å². The lowest BCUT2D eigenvalue weighted by molar-refractivity contribution is 0.104. The number of hydrogen-bond acceptors (Lipinski definition) is 2. The van der Waals surface area contributed by atoms with Crippen LogP contribution < -0.4 is 4.90 Å². The monoisotopic (exact) mass is 680 g/mol. The quantitative estimate of drug-likeness (QED) is 0.173. The lowest BCUT2D eigenvalue weighted by Crippen LogP contribution is -2.09. The number of carbonyl (C=O) groups is 1. The van der Waals surface area contributed by atoms with E-state index >= 15 is 0 Å². The molecule has 0 amide bonds. The molecule has 0 bridgehead atoms. The molecule has 1 aliphatic rings. The van der Waals surface area contributed by atoms with Crippen molar-refractivity contribution >= 4 is 52.0 Å². The topological polar surface area (TPSA) is 36.1 Å². The van der Waals surface area contributed by atoms with Gasteiger partial charge in [-0.1, -0.05) is 152 Å². The number of rotatable bonds is 8. The first kappa shape index (κ1) is 32.0. The molecule has 0 saturated carbocycles. The minimum Gasteiger partial charge on any atom is -0.354 e. The SMILES string of the molecule is C/C=C\c1[nH]c2c3c(ccc2c1C=Cc1ccc(N(c2ccc(-c4ccccc4)cc2)c2ccc(-c4ccccc4)cc2)cc1)-c1ccccc1C3=O. The number of aromatic nitrogens is 1. The van der Waals surface area contributed by atoms with Crippen molar-refractivity contribution in [2.45, 2.75) is 6.92 Å². The Morgan fingerprint density at radius 2 is 0.981 bits per heavy atom. The van der Waals surface area contributed by atoms with Crippen molar-refractivity contribution in [1.82, 2.24) is 4.98 Å². The van der Waals surface area contributed by atoms with E-state index in [0.29, 0.717) is 0 Å². The highest BCUT2D eigenvalue weighted by atomic mass is 16.1. The van der Waals surface area contributed by atoms with Gasteiger partial charge in [-0.3, -0.25) is 4.79 Å². The Morgan fingerprint density at radius 1 is 0.472 bits per heavy atom. The second-order valence-electron chi connectivity index (χ2n) is 13.3. The van der Waals surface area contributed by atoms with Crippen LogP contribution in [0.15, 0.2) is 176 Å². The third-order valence-electron chi connectivity index (χ3n) is 10.1. The summed E-state index contributed by atoms with van der Waals surface area (Å²) in [6.07, 6.45) is 8.41. The van der Waals surface area contributed by atoms with Crippen LogP contribution in [-0.2, 0) is 0 Å². The highest BCUT2D eigenvalue weighted by molar-refractivity contribution is 6.27. The molecular weight excluding hydrogens is 645 g/mol. The number of anilines is 3. The fourth-order valence-corrected chi connectivity index (χ4v) is 7.52. The van der Waals surface area contributed by atoms with Gasteiger partial charge in [0.1, 0.15) is 0 Å². The molecule has 53 heavy (non-hydrogen) atoms. The molecular formula is C50H36N2O. The molecule has 9 rings (SSSR count). The van der Waals surface area contributed by atoms with Crippen LogP contribution in [0.4, 0.5) is 17.1 Å². The van der Waals surface area contributed by atoms with Gasteiger partial charge in [0.25, 0.3) is 0 Å². The molecule has 0 fully saturated rings. The van der Waals surface area contributed by atoms with Crippen LogP contribution in [0.1, 0.15) is 39.7 Å². The van der Waals surface area contributed by atoms with Crippen molar-refractivity contribution in [3.05, 3.63) is 204 Å². The van der Waals surface area contributed by atoms with E-state index in [1.807, 2.05) is 49.4 Å². The van der Waals surface area contributed by atoms with Crippen LogP contribution in [0, 0.1) is 0 Å². The van der Waals surface area contributed by atoms with Crippen molar-refractivity contribution < 1.29 is 4.79 Å². The number of benzene rings is 7. The van der Waals surface area contributed by atoms with Gasteiger partial charge in [-0.2, -0.15) is 0 Å². The largest absolute Gasteiger partial charge is 0.354 e. The third-order valence-corrected chi connectivity index (χ3v) is 10.1. The van der Waals surface area contributed by atoms with Crippen LogP contribution in [0.5, 0.6) is 0 Å². The zero-order chi connectivity index (χ0) is 35.7. The Hall–Kier alpha value is -6.97. The first-order valence-electron chi connectivity index (χ1n) is 18.0. The highest BCUT2D eigenvalue weighted by Crippen LogP contribution is 2.42. The van der Waals surface area contributed by atoms with E-state index in [9.17, 15) is 4.79 Å². The van der Waals surface area contributed by atoms with E-state index in [4.69, 9.17) is 0 Å². The van der Waals surface area contributed by atoms with E-state index < -0.39 is 0 Å². The van der Waals surface area contributed by atoms with Gasteiger partial charge in [0.05, 0.1) is 11.1 Å². The molecule has 1 heterocycles. The number of allylic oxidation sites excluding steroid dienone is 1. The Balaban J connectivity index is 1.06. The fourth-order valence-electron chi connectivity index (χ4n) is 7.52. The fraction of sp³-hybridized carbons (Fsp3) is 0.0200. The maximum Gasteiger partial charge on any atom is 0.196 e. The molecule has 0 aliphatic heterocycles. The molecule has 7 aromatic carbocycles. The summed E-state index contributed by atoms with van der Waals surface area (Å²) in [6.45, 7) is 2.01. The molecule has 0 saturated heterocycles. The van der Waals surface area contributed by atoms with Crippen molar-refractivity contribution in [2.75, 3.05) is 4.90 Å². The number of hydrogen-bond donors (Lipinski definition) is 1. The molecule has 0 unspecified atom stereocenters. The predicted molar refractivity (Wildman–Crippen MR) is 223 cm³/mol. The van der Waals surface area contributed by atoms with Crippen LogP contribution >= 0.6 is 0 Å². The van der Waals surface area contributed by atoms with Gasteiger partial charge in [-0.15, -0.1) is 0 Å². The molecule has 1 N–H and O–H groups in total. The highest BCUT2D eigenvalue weighted by Gasteiger charge is 2.29. The van der Waals surface area contributed by atoms with Gasteiger partial charge in [-0.05, 0) is 88.3 Å². The maximum absolute atomic E-state index is 13.6. The summed E-state index contributed by atoms with van der Waals surface area (Å²) in [4.78, 5) is 19.4. The molecule has 252 valence electrons. The first-order valence-corrected chi connectivity index (χ1v) is 18.0. The minimum atomic E-state index is 0.0783. The summed E-state index contributed by atoms with van der Waals surface area (Å²) in [5.41, 5.74) is 15.5. The first-order chi connectivity index (χ1) is 26.2. The summed E-state index contributed by atoms with van der Waals surface area (Å²) in [7, 11) is 0. The van der Waals surface area contributed by atoms with Crippen molar-refractivity contribution in [1.29, 1.82) is 0 Å². The second-order valence-corrected chi connectivity index (χ2v) is 13.3. The predicted octanol–water partition coefficient (Wildman–Crippen LogP) is 13.4. The van der Waals surface area contributed by atoms with Gasteiger partial charge in [0.2, 0.25) is 0 Å². The Bertz CT molecular complexity index is 2560. The molecule has 1 aliphatic carbocycles. The Morgan fingerprint density at radius 3 is 1.55 bits per heavy atom. The Labute approximate surface area is 309 Å². The molecule has 0 radical (unpaired) electrons. The van der Waals surface area contributed by atoms with Crippen LogP contribution in [0.2, 0.25) is 0 Å². The van der Waals surface area contributed by atoms with Crippen molar-refractivity contribution in [3.63, 3.8) is 0 Å². The van der Waals surface area contributed by atoms with Gasteiger partial charge in [0, 0.05) is 39.3 Å².